The average Bonchev–Trinajstić information content (AvgIpc) is 2.85. The maximum absolute atomic E-state index is 12.8. The highest BCUT2D eigenvalue weighted by Gasteiger charge is 2.32. The number of rotatable bonds is 3. The minimum atomic E-state index is 0.0279. The fourth-order valence-electron chi connectivity index (χ4n) is 3.28. The van der Waals surface area contributed by atoms with Crippen LogP contribution < -0.4 is 14.8 Å². The summed E-state index contributed by atoms with van der Waals surface area (Å²) in [4.78, 5) is 14.8. The molecule has 5 nitrogen and oxygen atoms in total. The fraction of sp³-hybridized carbons (Fsp3) is 0.562. The van der Waals surface area contributed by atoms with Gasteiger partial charge in [0.15, 0.2) is 0 Å². The average molecular weight is 290 g/mol. The lowest BCUT2D eigenvalue weighted by atomic mass is 10.1. The first-order valence-electron chi connectivity index (χ1n) is 7.48. The molecule has 1 amide bonds. The van der Waals surface area contributed by atoms with Crippen LogP contribution in [0, 0.1) is 0 Å². The lowest BCUT2D eigenvalue weighted by molar-refractivity contribution is 0.0744. The van der Waals surface area contributed by atoms with Gasteiger partial charge in [-0.25, -0.2) is 0 Å². The summed E-state index contributed by atoms with van der Waals surface area (Å²) in [6.45, 7) is 1.57. The molecule has 114 valence electrons. The van der Waals surface area contributed by atoms with E-state index in [4.69, 9.17) is 9.47 Å². The number of carbonyl (C=O) groups excluding carboxylic acids is 1. The minimum Gasteiger partial charge on any atom is -0.497 e. The van der Waals surface area contributed by atoms with Crippen molar-refractivity contribution in [2.75, 3.05) is 27.3 Å². The lowest BCUT2D eigenvalue weighted by Crippen LogP contribution is -2.39. The topological polar surface area (TPSA) is 50.8 Å². The van der Waals surface area contributed by atoms with Crippen LogP contribution in [-0.2, 0) is 0 Å². The standard InChI is InChI=1S/C16H22N2O3/c1-20-13-5-6-15(21-2)14(9-13)16(19)18-8-7-11-3-4-12(10-18)17-11/h5-6,9,11-12,17H,3-4,7-8,10H2,1-2H3. The van der Waals surface area contributed by atoms with Crippen LogP contribution in [0.25, 0.3) is 0 Å². The second kappa shape index (κ2) is 5.93. The van der Waals surface area contributed by atoms with Crippen molar-refractivity contribution in [3.63, 3.8) is 0 Å². The molecule has 0 radical (unpaired) electrons. The van der Waals surface area contributed by atoms with Gasteiger partial charge in [0.25, 0.3) is 5.91 Å². The van der Waals surface area contributed by atoms with Crippen LogP contribution in [0.1, 0.15) is 29.6 Å². The first-order chi connectivity index (χ1) is 10.2. The summed E-state index contributed by atoms with van der Waals surface area (Å²) >= 11 is 0. The Bertz CT molecular complexity index is 532. The van der Waals surface area contributed by atoms with Gasteiger partial charge in [-0.3, -0.25) is 4.79 Å². The van der Waals surface area contributed by atoms with Gasteiger partial charge in [-0.1, -0.05) is 0 Å². The number of hydrogen-bond donors (Lipinski definition) is 1. The van der Waals surface area contributed by atoms with E-state index in [1.807, 2.05) is 11.0 Å². The number of nitrogens with one attached hydrogen (secondary N) is 1. The molecular formula is C16H22N2O3. The number of hydrogen-bond acceptors (Lipinski definition) is 4. The third-order valence-corrected chi connectivity index (χ3v) is 4.45. The Balaban J connectivity index is 1.83. The fourth-order valence-corrected chi connectivity index (χ4v) is 3.28. The van der Waals surface area contributed by atoms with E-state index >= 15 is 0 Å². The molecule has 2 saturated heterocycles. The number of amides is 1. The molecule has 3 rings (SSSR count). The Hall–Kier alpha value is -1.75. The van der Waals surface area contributed by atoms with Crippen molar-refractivity contribution in [1.29, 1.82) is 0 Å². The molecule has 2 atom stereocenters. The van der Waals surface area contributed by atoms with Crippen molar-refractivity contribution in [3.05, 3.63) is 23.8 Å². The van der Waals surface area contributed by atoms with Gasteiger partial charge in [-0.05, 0) is 37.5 Å². The molecule has 21 heavy (non-hydrogen) atoms. The van der Waals surface area contributed by atoms with Crippen molar-refractivity contribution in [2.45, 2.75) is 31.3 Å². The summed E-state index contributed by atoms with van der Waals surface area (Å²) in [5, 5.41) is 3.59. The Kier molecular flexibility index (Phi) is 4.01. The molecule has 2 unspecified atom stereocenters. The second-order valence-electron chi connectivity index (χ2n) is 5.74. The van der Waals surface area contributed by atoms with E-state index < -0.39 is 0 Å². The van der Waals surface area contributed by atoms with Gasteiger partial charge < -0.3 is 19.7 Å². The van der Waals surface area contributed by atoms with Gasteiger partial charge in [-0.15, -0.1) is 0 Å². The van der Waals surface area contributed by atoms with Gasteiger partial charge in [0.2, 0.25) is 0 Å². The summed E-state index contributed by atoms with van der Waals surface area (Å²) in [6.07, 6.45) is 3.41. The molecule has 0 aromatic heterocycles. The SMILES string of the molecule is COc1ccc(OC)c(C(=O)N2CCC3CCC(C2)N3)c1. The van der Waals surface area contributed by atoms with Crippen LogP contribution >= 0.6 is 0 Å². The quantitative estimate of drug-likeness (QED) is 0.920. The Morgan fingerprint density at radius 1 is 1.19 bits per heavy atom. The lowest BCUT2D eigenvalue weighted by Gasteiger charge is -2.25. The molecular weight excluding hydrogens is 268 g/mol. The number of methoxy groups -OCH3 is 2. The van der Waals surface area contributed by atoms with Gasteiger partial charge in [-0.2, -0.15) is 0 Å². The Morgan fingerprint density at radius 2 is 2.00 bits per heavy atom. The Labute approximate surface area is 125 Å². The molecule has 2 bridgehead atoms. The van der Waals surface area contributed by atoms with Crippen LogP contribution in [0.15, 0.2) is 18.2 Å². The third-order valence-electron chi connectivity index (χ3n) is 4.45. The van der Waals surface area contributed by atoms with Crippen LogP contribution in [0.4, 0.5) is 0 Å². The van der Waals surface area contributed by atoms with E-state index in [0.29, 0.717) is 29.1 Å². The van der Waals surface area contributed by atoms with E-state index in [1.54, 1.807) is 26.4 Å². The number of benzene rings is 1. The van der Waals surface area contributed by atoms with E-state index in [9.17, 15) is 4.79 Å². The highest BCUT2D eigenvalue weighted by atomic mass is 16.5. The van der Waals surface area contributed by atoms with Gasteiger partial charge in [0.1, 0.15) is 11.5 Å². The zero-order chi connectivity index (χ0) is 14.8. The van der Waals surface area contributed by atoms with Crippen molar-refractivity contribution in [1.82, 2.24) is 10.2 Å². The highest BCUT2D eigenvalue weighted by molar-refractivity contribution is 5.97. The summed E-state index contributed by atoms with van der Waals surface area (Å²) in [7, 11) is 3.19. The van der Waals surface area contributed by atoms with E-state index in [-0.39, 0.29) is 5.91 Å². The molecule has 2 fully saturated rings. The second-order valence-corrected chi connectivity index (χ2v) is 5.74. The van der Waals surface area contributed by atoms with Crippen LogP contribution in [0.3, 0.4) is 0 Å². The first kappa shape index (κ1) is 14.2. The first-order valence-corrected chi connectivity index (χ1v) is 7.48. The molecule has 0 saturated carbocycles. The molecule has 1 aromatic rings. The third kappa shape index (κ3) is 2.83. The molecule has 0 aliphatic carbocycles. The minimum absolute atomic E-state index is 0.0279. The van der Waals surface area contributed by atoms with E-state index in [2.05, 4.69) is 5.32 Å². The van der Waals surface area contributed by atoms with E-state index in [0.717, 1.165) is 25.9 Å². The van der Waals surface area contributed by atoms with Gasteiger partial charge >= 0.3 is 0 Å². The number of ether oxygens (including phenoxy) is 2. The summed E-state index contributed by atoms with van der Waals surface area (Å²) in [5.41, 5.74) is 0.578. The van der Waals surface area contributed by atoms with Gasteiger partial charge in [0.05, 0.1) is 19.8 Å². The van der Waals surface area contributed by atoms with Crippen LogP contribution in [0.5, 0.6) is 11.5 Å². The zero-order valence-electron chi connectivity index (χ0n) is 12.6. The molecule has 2 aliphatic rings. The smallest absolute Gasteiger partial charge is 0.257 e. The highest BCUT2D eigenvalue weighted by Crippen LogP contribution is 2.27. The van der Waals surface area contributed by atoms with Crippen molar-refractivity contribution in [2.24, 2.45) is 0 Å². The van der Waals surface area contributed by atoms with E-state index in [1.165, 1.54) is 6.42 Å². The number of likely N-dealkylation sites (tertiary alicyclic amines) is 1. The summed E-state index contributed by atoms with van der Waals surface area (Å²) < 4.78 is 10.6. The Morgan fingerprint density at radius 3 is 2.76 bits per heavy atom. The molecule has 5 heteroatoms. The summed E-state index contributed by atoms with van der Waals surface area (Å²) in [5.74, 6) is 1.30. The summed E-state index contributed by atoms with van der Waals surface area (Å²) in [6, 6.07) is 6.35. The van der Waals surface area contributed by atoms with Gasteiger partial charge in [0, 0.05) is 25.2 Å². The van der Waals surface area contributed by atoms with Crippen LogP contribution in [-0.4, -0.2) is 50.2 Å². The predicted octanol–water partition coefficient (Wildman–Crippen LogP) is 1.67. The van der Waals surface area contributed by atoms with Crippen molar-refractivity contribution in [3.8, 4) is 11.5 Å². The normalized spacial score (nSPS) is 24.6. The van der Waals surface area contributed by atoms with Crippen LogP contribution in [0.2, 0.25) is 0 Å². The largest absolute Gasteiger partial charge is 0.497 e. The number of fused-ring (bicyclic) bond motifs is 2. The maximum atomic E-state index is 12.8. The number of carbonyl (C=O) groups is 1. The monoisotopic (exact) mass is 290 g/mol. The molecule has 0 spiro atoms. The predicted molar refractivity (Wildman–Crippen MR) is 80.0 cm³/mol. The molecule has 1 N–H and O–H groups in total. The molecule has 2 heterocycles. The molecule has 2 aliphatic heterocycles. The van der Waals surface area contributed by atoms with Crippen molar-refractivity contribution >= 4 is 5.91 Å². The number of nitrogens with zero attached hydrogens (tertiary/aromatic N) is 1. The zero-order valence-corrected chi connectivity index (χ0v) is 12.6. The van der Waals surface area contributed by atoms with Crippen molar-refractivity contribution < 1.29 is 14.3 Å². The molecule has 1 aromatic carbocycles. The maximum Gasteiger partial charge on any atom is 0.257 e.